The summed E-state index contributed by atoms with van der Waals surface area (Å²) in [4.78, 5) is 12.4. The molecule has 6 heteroatoms. The van der Waals surface area contributed by atoms with E-state index in [1.54, 1.807) is 42.5 Å². The third kappa shape index (κ3) is 5.54. The van der Waals surface area contributed by atoms with Gasteiger partial charge in [-0.25, -0.2) is 0 Å². The molecule has 27 heavy (non-hydrogen) atoms. The molecule has 2 aromatic carbocycles. The molecule has 0 saturated carbocycles. The summed E-state index contributed by atoms with van der Waals surface area (Å²) in [6.07, 6.45) is 6.66. The minimum absolute atomic E-state index is 0.0744. The molecular formula is C21H17ClN2O3. The van der Waals surface area contributed by atoms with Crippen LogP contribution in [0.25, 0.3) is 6.08 Å². The van der Waals surface area contributed by atoms with E-state index in [-0.39, 0.29) is 12.2 Å². The van der Waals surface area contributed by atoms with E-state index in [1.165, 1.54) is 6.08 Å². The van der Waals surface area contributed by atoms with Gasteiger partial charge >= 0.3 is 0 Å². The fourth-order valence-electron chi connectivity index (χ4n) is 2.19. The van der Waals surface area contributed by atoms with Gasteiger partial charge in [0.15, 0.2) is 11.5 Å². The Morgan fingerprint density at radius 1 is 1.26 bits per heavy atom. The summed E-state index contributed by atoms with van der Waals surface area (Å²) in [5.74, 6) is 2.80. The monoisotopic (exact) mass is 380 g/mol. The second-order valence-electron chi connectivity index (χ2n) is 5.24. The van der Waals surface area contributed by atoms with Crippen molar-refractivity contribution in [1.82, 2.24) is 0 Å². The number of hydrogen-bond donors (Lipinski definition) is 1. The van der Waals surface area contributed by atoms with Crippen LogP contribution in [0.3, 0.4) is 0 Å². The van der Waals surface area contributed by atoms with E-state index in [0.717, 1.165) is 0 Å². The zero-order chi connectivity index (χ0) is 19.6. The highest BCUT2D eigenvalue weighted by Gasteiger charge is 2.12. The largest absolute Gasteiger partial charge is 0.490 e. The van der Waals surface area contributed by atoms with E-state index < -0.39 is 5.91 Å². The van der Waals surface area contributed by atoms with Crippen LogP contribution in [0.4, 0.5) is 5.69 Å². The van der Waals surface area contributed by atoms with Crippen molar-refractivity contribution in [2.45, 2.75) is 6.92 Å². The first kappa shape index (κ1) is 19.9. The second-order valence-corrected chi connectivity index (χ2v) is 5.64. The van der Waals surface area contributed by atoms with Crippen molar-refractivity contribution in [3.63, 3.8) is 0 Å². The predicted molar refractivity (Wildman–Crippen MR) is 106 cm³/mol. The van der Waals surface area contributed by atoms with Crippen LogP contribution in [0.2, 0.25) is 5.02 Å². The molecule has 0 unspecified atom stereocenters. The molecule has 0 atom stereocenters. The Morgan fingerprint density at radius 3 is 2.70 bits per heavy atom. The van der Waals surface area contributed by atoms with E-state index >= 15 is 0 Å². The van der Waals surface area contributed by atoms with Gasteiger partial charge in [-0.15, -0.1) is 6.42 Å². The zero-order valence-corrected chi connectivity index (χ0v) is 15.4. The first-order valence-corrected chi connectivity index (χ1v) is 8.47. The molecule has 0 aliphatic carbocycles. The van der Waals surface area contributed by atoms with Crippen LogP contribution >= 0.6 is 11.6 Å². The maximum atomic E-state index is 12.4. The Bertz CT molecular complexity index is 939. The van der Waals surface area contributed by atoms with E-state index in [2.05, 4.69) is 11.2 Å². The Balaban J connectivity index is 2.27. The lowest BCUT2D eigenvalue weighted by molar-refractivity contribution is -0.112. The molecule has 0 radical (unpaired) electrons. The number of para-hydroxylation sites is 1. The van der Waals surface area contributed by atoms with Crippen molar-refractivity contribution in [3.05, 3.63) is 58.6 Å². The van der Waals surface area contributed by atoms with Gasteiger partial charge in [0.2, 0.25) is 0 Å². The highest BCUT2D eigenvalue weighted by Crippen LogP contribution is 2.29. The third-order valence-electron chi connectivity index (χ3n) is 3.38. The standard InChI is InChI=1S/C21H17ClN2O3/c1-3-11-27-19-10-9-15(13-20(19)26-4-2)12-16(14-23)21(25)24-18-8-6-5-7-17(18)22/h1,5-10,12-13H,4,11H2,2H3,(H,24,25)/b16-12+. The minimum Gasteiger partial charge on any atom is -0.490 e. The molecule has 2 aromatic rings. The number of nitriles is 1. The Morgan fingerprint density at radius 2 is 2.04 bits per heavy atom. The van der Waals surface area contributed by atoms with Crippen LogP contribution < -0.4 is 14.8 Å². The van der Waals surface area contributed by atoms with Crippen LogP contribution in [0.15, 0.2) is 48.0 Å². The highest BCUT2D eigenvalue weighted by atomic mass is 35.5. The van der Waals surface area contributed by atoms with Gasteiger partial charge < -0.3 is 14.8 Å². The number of terminal acetylenes is 1. The van der Waals surface area contributed by atoms with Gasteiger partial charge in [0.25, 0.3) is 5.91 Å². The van der Waals surface area contributed by atoms with Crippen molar-refractivity contribution in [3.8, 4) is 29.9 Å². The maximum Gasteiger partial charge on any atom is 0.266 e. The highest BCUT2D eigenvalue weighted by molar-refractivity contribution is 6.34. The molecule has 0 bridgehead atoms. The molecule has 0 saturated heterocycles. The molecule has 0 aromatic heterocycles. The van der Waals surface area contributed by atoms with Crippen LogP contribution in [-0.4, -0.2) is 19.1 Å². The lowest BCUT2D eigenvalue weighted by atomic mass is 10.1. The van der Waals surface area contributed by atoms with Crippen molar-refractivity contribution in [1.29, 1.82) is 5.26 Å². The average Bonchev–Trinajstić information content (AvgIpc) is 2.67. The molecule has 2 rings (SSSR count). The Labute approximate surface area is 163 Å². The molecule has 0 spiro atoms. The maximum absolute atomic E-state index is 12.4. The van der Waals surface area contributed by atoms with Gasteiger partial charge in [0.05, 0.1) is 17.3 Å². The molecular weight excluding hydrogens is 364 g/mol. The van der Waals surface area contributed by atoms with Gasteiger partial charge in [0.1, 0.15) is 18.2 Å². The molecule has 5 nitrogen and oxygen atoms in total. The summed E-state index contributed by atoms with van der Waals surface area (Å²) in [7, 11) is 0. The number of benzene rings is 2. The first-order chi connectivity index (χ1) is 13.1. The summed E-state index contributed by atoms with van der Waals surface area (Å²) in [5.41, 5.74) is 0.963. The molecule has 1 amide bonds. The van der Waals surface area contributed by atoms with Crippen molar-refractivity contribution < 1.29 is 14.3 Å². The summed E-state index contributed by atoms with van der Waals surface area (Å²) in [5, 5.41) is 12.4. The average molecular weight is 381 g/mol. The number of nitrogens with zero attached hydrogens (tertiary/aromatic N) is 1. The summed E-state index contributed by atoms with van der Waals surface area (Å²) in [6, 6.07) is 13.7. The Kier molecular flexibility index (Phi) is 7.31. The number of ether oxygens (including phenoxy) is 2. The zero-order valence-electron chi connectivity index (χ0n) is 14.7. The normalized spacial score (nSPS) is 10.4. The van der Waals surface area contributed by atoms with E-state index in [4.69, 9.17) is 27.5 Å². The smallest absolute Gasteiger partial charge is 0.266 e. The molecule has 0 heterocycles. The Hall–Kier alpha value is -3.41. The molecule has 136 valence electrons. The van der Waals surface area contributed by atoms with Crippen molar-refractivity contribution in [2.24, 2.45) is 0 Å². The quantitative estimate of drug-likeness (QED) is 0.441. The van der Waals surface area contributed by atoms with Gasteiger partial charge in [-0.1, -0.05) is 35.7 Å². The number of amides is 1. The summed E-state index contributed by atoms with van der Waals surface area (Å²) >= 11 is 6.03. The number of carbonyl (C=O) groups is 1. The lowest BCUT2D eigenvalue weighted by Gasteiger charge is -2.11. The number of rotatable bonds is 7. The van der Waals surface area contributed by atoms with E-state index in [0.29, 0.717) is 34.4 Å². The molecule has 1 N–H and O–H groups in total. The first-order valence-electron chi connectivity index (χ1n) is 8.09. The van der Waals surface area contributed by atoms with Gasteiger partial charge in [0, 0.05) is 0 Å². The van der Waals surface area contributed by atoms with Crippen LogP contribution in [-0.2, 0) is 4.79 Å². The number of carbonyl (C=O) groups excluding carboxylic acids is 1. The van der Waals surface area contributed by atoms with Crippen LogP contribution in [0.1, 0.15) is 12.5 Å². The third-order valence-corrected chi connectivity index (χ3v) is 3.71. The van der Waals surface area contributed by atoms with Gasteiger partial charge in [-0.3, -0.25) is 4.79 Å². The van der Waals surface area contributed by atoms with Gasteiger partial charge in [-0.2, -0.15) is 5.26 Å². The SMILES string of the molecule is C#CCOc1ccc(/C=C(\C#N)C(=O)Nc2ccccc2Cl)cc1OCC. The summed E-state index contributed by atoms with van der Waals surface area (Å²) in [6.45, 7) is 2.38. The lowest BCUT2D eigenvalue weighted by Crippen LogP contribution is -2.13. The number of halogens is 1. The number of anilines is 1. The topological polar surface area (TPSA) is 71.3 Å². The number of nitrogens with one attached hydrogen (secondary N) is 1. The summed E-state index contributed by atoms with van der Waals surface area (Å²) < 4.78 is 11.0. The van der Waals surface area contributed by atoms with Crippen LogP contribution in [0.5, 0.6) is 11.5 Å². The molecule has 0 aliphatic rings. The fourth-order valence-corrected chi connectivity index (χ4v) is 2.37. The van der Waals surface area contributed by atoms with Crippen molar-refractivity contribution >= 4 is 29.3 Å². The molecule has 0 fully saturated rings. The van der Waals surface area contributed by atoms with Crippen molar-refractivity contribution in [2.75, 3.05) is 18.5 Å². The van der Waals surface area contributed by atoms with Gasteiger partial charge in [-0.05, 0) is 42.8 Å². The fraction of sp³-hybridized carbons (Fsp3) is 0.143. The second kappa shape index (κ2) is 9.91. The molecule has 0 aliphatic heterocycles. The van der Waals surface area contributed by atoms with E-state index in [1.807, 2.05) is 13.0 Å². The number of hydrogen-bond acceptors (Lipinski definition) is 4. The van der Waals surface area contributed by atoms with Crippen LogP contribution in [0, 0.1) is 23.7 Å². The predicted octanol–water partition coefficient (Wildman–Crippen LogP) is 4.30. The minimum atomic E-state index is -0.559. The van der Waals surface area contributed by atoms with E-state index in [9.17, 15) is 10.1 Å².